The molecular formula is C13H13O. The Hall–Kier alpha value is -1.34. The first-order valence-electron chi connectivity index (χ1n) is 4.84. The first kappa shape index (κ1) is 9.22. The predicted molar refractivity (Wildman–Crippen MR) is 57.8 cm³/mol. The largest absolute Gasteiger partial charge is 0.228 e. The fourth-order valence-corrected chi connectivity index (χ4v) is 1.94. The van der Waals surface area contributed by atoms with E-state index in [0.717, 1.165) is 21.9 Å². The Morgan fingerprint density at radius 3 is 2.50 bits per heavy atom. The van der Waals surface area contributed by atoms with Crippen LogP contribution in [0.25, 0.3) is 10.8 Å². The summed E-state index contributed by atoms with van der Waals surface area (Å²) >= 11 is 0. The minimum Gasteiger partial charge on any atom is -0.228 e. The molecule has 0 aliphatic heterocycles. The molecule has 0 aliphatic rings. The van der Waals surface area contributed by atoms with Crippen molar-refractivity contribution >= 4 is 10.8 Å². The van der Waals surface area contributed by atoms with Gasteiger partial charge in [0.1, 0.15) is 6.10 Å². The van der Waals surface area contributed by atoms with Gasteiger partial charge in [0.25, 0.3) is 0 Å². The molecule has 0 heterocycles. The third-order valence-corrected chi connectivity index (χ3v) is 2.60. The second-order valence-electron chi connectivity index (χ2n) is 3.66. The van der Waals surface area contributed by atoms with E-state index in [2.05, 4.69) is 6.07 Å². The van der Waals surface area contributed by atoms with Gasteiger partial charge in [-0.3, -0.25) is 0 Å². The fraction of sp³-hybridized carbons (Fsp3) is 0.231. The van der Waals surface area contributed by atoms with Crippen molar-refractivity contribution in [2.75, 3.05) is 0 Å². The maximum atomic E-state index is 11.6. The number of fused-ring (bicyclic) bond motifs is 1. The second-order valence-corrected chi connectivity index (χ2v) is 3.66. The summed E-state index contributed by atoms with van der Waals surface area (Å²) in [5, 5.41) is 13.8. The SMILES string of the molecule is Cc1ccc2ccccc2c1C(C)[O]. The maximum absolute atomic E-state index is 11.6. The van der Waals surface area contributed by atoms with E-state index in [-0.39, 0.29) is 0 Å². The van der Waals surface area contributed by atoms with Crippen LogP contribution in [0, 0.1) is 6.92 Å². The van der Waals surface area contributed by atoms with Crippen molar-refractivity contribution in [3.8, 4) is 0 Å². The van der Waals surface area contributed by atoms with Gasteiger partial charge >= 0.3 is 0 Å². The van der Waals surface area contributed by atoms with Gasteiger partial charge in [-0.1, -0.05) is 36.4 Å². The first-order valence-corrected chi connectivity index (χ1v) is 4.84. The van der Waals surface area contributed by atoms with E-state index in [1.165, 1.54) is 0 Å². The quantitative estimate of drug-likeness (QED) is 0.646. The maximum Gasteiger partial charge on any atom is 0.116 e. The van der Waals surface area contributed by atoms with Crippen LogP contribution in [0.5, 0.6) is 0 Å². The van der Waals surface area contributed by atoms with E-state index in [4.69, 9.17) is 0 Å². The van der Waals surface area contributed by atoms with Crippen molar-refractivity contribution in [1.82, 2.24) is 0 Å². The van der Waals surface area contributed by atoms with E-state index in [1.54, 1.807) is 6.92 Å². The van der Waals surface area contributed by atoms with Crippen LogP contribution in [-0.4, -0.2) is 0 Å². The summed E-state index contributed by atoms with van der Waals surface area (Å²) in [7, 11) is 0. The number of hydrogen-bond acceptors (Lipinski definition) is 0. The molecule has 1 unspecified atom stereocenters. The highest BCUT2D eigenvalue weighted by Crippen LogP contribution is 2.27. The summed E-state index contributed by atoms with van der Waals surface area (Å²) in [5.74, 6) is 0. The highest BCUT2D eigenvalue weighted by molar-refractivity contribution is 5.87. The van der Waals surface area contributed by atoms with Gasteiger partial charge in [-0.2, -0.15) is 0 Å². The number of benzene rings is 2. The molecule has 71 valence electrons. The van der Waals surface area contributed by atoms with E-state index in [0.29, 0.717) is 0 Å². The van der Waals surface area contributed by atoms with Crippen molar-refractivity contribution < 1.29 is 5.11 Å². The van der Waals surface area contributed by atoms with Crippen LogP contribution in [0.2, 0.25) is 0 Å². The van der Waals surface area contributed by atoms with Crippen LogP contribution in [0.3, 0.4) is 0 Å². The number of hydrogen-bond donors (Lipinski definition) is 0. The number of rotatable bonds is 1. The normalized spacial score (nSPS) is 13.1. The molecule has 1 heteroatoms. The molecule has 0 aromatic heterocycles. The fourth-order valence-electron chi connectivity index (χ4n) is 1.94. The highest BCUT2D eigenvalue weighted by Gasteiger charge is 2.09. The topological polar surface area (TPSA) is 19.9 Å². The van der Waals surface area contributed by atoms with E-state index >= 15 is 0 Å². The van der Waals surface area contributed by atoms with Crippen LogP contribution in [0.4, 0.5) is 0 Å². The first-order chi connectivity index (χ1) is 6.70. The third-order valence-electron chi connectivity index (χ3n) is 2.60. The standard InChI is InChI=1S/C13H13O/c1-9-7-8-11-5-3-4-6-12(11)13(9)10(2)14/h3-8,10H,1-2H3. The van der Waals surface area contributed by atoms with Crippen LogP contribution in [0.15, 0.2) is 36.4 Å². The lowest BCUT2D eigenvalue weighted by Gasteiger charge is -2.10. The van der Waals surface area contributed by atoms with Gasteiger partial charge in [0.15, 0.2) is 0 Å². The van der Waals surface area contributed by atoms with Crippen molar-refractivity contribution in [1.29, 1.82) is 0 Å². The lowest BCUT2D eigenvalue weighted by molar-refractivity contribution is 0.107. The van der Waals surface area contributed by atoms with Crippen molar-refractivity contribution in [3.05, 3.63) is 47.5 Å². The molecular weight excluding hydrogens is 172 g/mol. The monoisotopic (exact) mass is 185 g/mol. The summed E-state index contributed by atoms with van der Waals surface area (Å²) in [6.45, 7) is 3.70. The zero-order valence-corrected chi connectivity index (χ0v) is 8.45. The Bertz CT molecular complexity index is 458. The van der Waals surface area contributed by atoms with Crippen LogP contribution >= 0.6 is 0 Å². The molecule has 0 fully saturated rings. The molecule has 1 nitrogen and oxygen atoms in total. The predicted octanol–water partition coefficient (Wildman–Crippen LogP) is 3.64. The Balaban J connectivity index is 2.83. The summed E-state index contributed by atoms with van der Waals surface area (Å²) in [5.41, 5.74) is 2.02. The van der Waals surface area contributed by atoms with Crippen LogP contribution in [-0.2, 0) is 5.11 Å². The van der Waals surface area contributed by atoms with Crippen molar-refractivity contribution in [3.63, 3.8) is 0 Å². The molecule has 14 heavy (non-hydrogen) atoms. The summed E-state index contributed by atoms with van der Waals surface area (Å²) < 4.78 is 0. The molecule has 0 saturated heterocycles. The molecule has 1 radical (unpaired) electrons. The van der Waals surface area contributed by atoms with E-state index in [9.17, 15) is 5.11 Å². The van der Waals surface area contributed by atoms with Crippen LogP contribution < -0.4 is 0 Å². The van der Waals surface area contributed by atoms with Gasteiger partial charge in [0.2, 0.25) is 0 Å². The second kappa shape index (κ2) is 3.43. The Labute approximate surface area is 84.0 Å². The van der Waals surface area contributed by atoms with Gasteiger partial charge in [-0.15, -0.1) is 0 Å². The lowest BCUT2D eigenvalue weighted by atomic mass is 9.96. The van der Waals surface area contributed by atoms with E-state index < -0.39 is 6.10 Å². The van der Waals surface area contributed by atoms with Crippen molar-refractivity contribution in [2.24, 2.45) is 0 Å². The summed E-state index contributed by atoms with van der Waals surface area (Å²) in [6.07, 6.45) is -0.652. The minimum absolute atomic E-state index is 0.652. The molecule has 1 atom stereocenters. The molecule has 0 saturated carbocycles. The summed E-state index contributed by atoms with van der Waals surface area (Å²) in [4.78, 5) is 0. The zero-order valence-electron chi connectivity index (χ0n) is 8.45. The van der Waals surface area contributed by atoms with Gasteiger partial charge < -0.3 is 0 Å². The zero-order chi connectivity index (χ0) is 10.1. The minimum atomic E-state index is -0.652. The Morgan fingerprint density at radius 1 is 1.07 bits per heavy atom. The van der Waals surface area contributed by atoms with Gasteiger partial charge in [0.05, 0.1) is 0 Å². The Kier molecular flexibility index (Phi) is 2.26. The van der Waals surface area contributed by atoms with Crippen molar-refractivity contribution in [2.45, 2.75) is 20.0 Å². The van der Waals surface area contributed by atoms with E-state index in [1.807, 2.05) is 37.3 Å². The molecule has 0 bridgehead atoms. The third kappa shape index (κ3) is 1.40. The van der Waals surface area contributed by atoms with Gasteiger partial charge in [0, 0.05) is 0 Å². The molecule has 2 rings (SSSR count). The molecule has 2 aromatic rings. The molecule has 0 amide bonds. The molecule has 0 N–H and O–H groups in total. The van der Waals surface area contributed by atoms with Gasteiger partial charge in [-0.05, 0) is 35.7 Å². The summed E-state index contributed by atoms with van der Waals surface area (Å²) in [6, 6.07) is 12.1. The average molecular weight is 185 g/mol. The molecule has 0 spiro atoms. The molecule has 0 aliphatic carbocycles. The smallest absolute Gasteiger partial charge is 0.116 e. The lowest BCUT2D eigenvalue weighted by Crippen LogP contribution is -1.94. The average Bonchev–Trinajstić information content (AvgIpc) is 2.17. The van der Waals surface area contributed by atoms with Crippen LogP contribution in [0.1, 0.15) is 24.2 Å². The Morgan fingerprint density at radius 2 is 1.79 bits per heavy atom. The highest BCUT2D eigenvalue weighted by atomic mass is 16.3. The number of aryl methyl sites for hydroxylation is 1. The molecule has 2 aromatic carbocycles. The van der Waals surface area contributed by atoms with Gasteiger partial charge in [-0.25, -0.2) is 5.11 Å².